The Bertz CT molecular complexity index is 1270. The minimum absolute atomic E-state index is 0.0246. The van der Waals surface area contributed by atoms with Gasteiger partial charge in [0.1, 0.15) is 34.3 Å². The summed E-state index contributed by atoms with van der Waals surface area (Å²) in [5.74, 6) is -0.864. The number of amidine groups is 1. The maximum Gasteiger partial charge on any atom is 0.274 e. The monoisotopic (exact) mass is 480 g/mol. The summed E-state index contributed by atoms with van der Waals surface area (Å²) in [5.41, 5.74) is 4.32. The Morgan fingerprint density at radius 3 is 2.64 bits per heavy atom. The fourth-order valence-corrected chi connectivity index (χ4v) is 4.70. The number of halogens is 2. The molecule has 1 aromatic heterocycles. The van der Waals surface area contributed by atoms with Crippen molar-refractivity contribution in [1.29, 1.82) is 0 Å². The number of nitrogens with zero attached hydrogens (tertiary/aromatic N) is 2. The third-order valence-electron chi connectivity index (χ3n) is 6.15. The molecule has 0 aliphatic carbocycles. The lowest BCUT2D eigenvalue weighted by Crippen LogP contribution is -2.53. The van der Waals surface area contributed by atoms with Crippen molar-refractivity contribution in [3.8, 4) is 11.5 Å². The van der Waals surface area contributed by atoms with Gasteiger partial charge in [-0.2, -0.15) is 0 Å². The second kappa shape index (κ2) is 7.94. The van der Waals surface area contributed by atoms with E-state index in [1.165, 1.54) is 31.3 Å². The summed E-state index contributed by atoms with van der Waals surface area (Å²) in [5, 5.41) is 2.59. The smallest absolute Gasteiger partial charge is 0.274 e. The molecule has 1 aromatic carbocycles. The standard InChI is InChI=1S/C21H22F2N4O5S/c1-20(33(2,29)30)5-6-21(10-22,27-19(20)24)13-7-12(3-4-14(13)23)26-18(28)15-8-16-17(9-25-15)32-11-31-16/h3-4,7-9H,5-6,10-11H2,1-2H3,(H2,24,27)(H,26,28)/t20-,21-/m1/s1. The molecule has 0 saturated heterocycles. The Balaban J connectivity index is 1.66. The number of nitrogens with one attached hydrogen (secondary N) is 1. The SMILES string of the molecule is C[C@@]1(S(C)(=O)=O)CC[C@@](CF)(c2cc(NC(=O)c3cc4c(cn3)OCO4)ccc2F)N=C1N. The molecule has 3 heterocycles. The number of fused-ring (bicyclic) bond motifs is 1. The predicted molar refractivity (Wildman–Crippen MR) is 116 cm³/mol. The largest absolute Gasteiger partial charge is 0.453 e. The van der Waals surface area contributed by atoms with Crippen molar-refractivity contribution in [2.45, 2.75) is 30.1 Å². The molecule has 0 unspecified atom stereocenters. The molecule has 12 heteroatoms. The Morgan fingerprint density at radius 2 is 1.97 bits per heavy atom. The van der Waals surface area contributed by atoms with E-state index in [-0.39, 0.29) is 42.4 Å². The van der Waals surface area contributed by atoms with Crippen molar-refractivity contribution in [1.82, 2.24) is 4.98 Å². The van der Waals surface area contributed by atoms with E-state index in [9.17, 15) is 22.0 Å². The van der Waals surface area contributed by atoms with Gasteiger partial charge in [0, 0.05) is 23.6 Å². The first kappa shape index (κ1) is 22.9. The predicted octanol–water partition coefficient (Wildman–Crippen LogP) is 2.32. The number of amides is 1. The molecule has 0 bridgehead atoms. The first-order valence-corrected chi connectivity index (χ1v) is 11.9. The van der Waals surface area contributed by atoms with E-state index in [4.69, 9.17) is 15.2 Å². The van der Waals surface area contributed by atoms with Gasteiger partial charge < -0.3 is 20.5 Å². The number of aliphatic imine (C=N–C) groups is 1. The van der Waals surface area contributed by atoms with Gasteiger partial charge in [-0.15, -0.1) is 0 Å². The summed E-state index contributed by atoms with van der Waals surface area (Å²) in [6.07, 6.45) is 2.25. The molecule has 4 rings (SSSR count). The van der Waals surface area contributed by atoms with Gasteiger partial charge in [-0.05, 0) is 38.0 Å². The molecule has 33 heavy (non-hydrogen) atoms. The number of aromatic nitrogens is 1. The number of benzene rings is 1. The number of sulfone groups is 1. The molecule has 9 nitrogen and oxygen atoms in total. The second-order valence-electron chi connectivity index (χ2n) is 8.24. The molecule has 2 aliphatic heterocycles. The van der Waals surface area contributed by atoms with E-state index in [0.29, 0.717) is 11.5 Å². The summed E-state index contributed by atoms with van der Waals surface area (Å²) in [6, 6.07) is 5.06. The summed E-state index contributed by atoms with van der Waals surface area (Å²) in [7, 11) is -3.64. The van der Waals surface area contributed by atoms with E-state index < -0.39 is 38.5 Å². The quantitative estimate of drug-likeness (QED) is 0.671. The van der Waals surface area contributed by atoms with Crippen LogP contribution in [0.1, 0.15) is 35.8 Å². The average molecular weight is 480 g/mol. The third kappa shape index (κ3) is 3.88. The summed E-state index contributed by atoms with van der Waals surface area (Å²) in [4.78, 5) is 20.8. The van der Waals surface area contributed by atoms with Gasteiger partial charge >= 0.3 is 0 Å². The summed E-state index contributed by atoms with van der Waals surface area (Å²) in [6.45, 7) is 0.330. The summed E-state index contributed by atoms with van der Waals surface area (Å²) < 4.78 is 62.4. The fraction of sp³-hybridized carbons (Fsp3) is 0.381. The van der Waals surface area contributed by atoms with Gasteiger partial charge in [-0.25, -0.2) is 22.2 Å². The van der Waals surface area contributed by atoms with Crippen LogP contribution in [0, 0.1) is 5.82 Å². The van der Waals surface area contributed by atoms with Crippen molar-refractivity contribution in [2.24, 2.45) is 10.7 Å². The van der Waals surface area contributed by atoms with E-state index in [1.54, 1.807) is 0 Å². The number of hydrogen-bond donors (Lipinski definition) is 2. The fourth-order valence-electron chi connectivity index (χ4n) is 3.80. The lowest BCUT2D eigenvalue weighted by molar-refractivity contribution is 0.102. The molecule has 176 valence electrons. The highest BCUT2D eigenvalue weighted by Gasteiger charge is 2.49. The number of nitrogens with two attached hydrogens (primary N) is 1. The van der Waals surface area contributed by atoms with Crippen LogP contribution in [-0.2, 0) is 15.4 Å². The Kier molecular flexibility index (Phi) is 5.51. The number of ether oxygens (including phenoxy) is 2. The minimum Gasteiger partial charge on any atom is -0.453 e. The van der Waals surface area contributed by atoms with E-state index in [2.05, 4.69) is 15.3 Å². The molecule has 2 atom stereocenters. The minimum atomic E-state index is -3.64. The molecule has 2 aliphatic rings. The maximum absolute atomic E-state index is 14.8. The highest BCUT2D eigenvalue weighted by molar-refractivity contribution is 7.92. The molecule has 2 aromatic rings. The zero-order valence-corrected chi connectivity index (χ0v) is 18.7. The lowest BCUT2D eigenvalue weighted by Gasteiger charge is -2.39. The Hall–Kier alpha value is -3.28. The topological polar surface area (TPSA) is 133 Å². The van der Waals surface area contributed by atoms with Gasteiger partial charge in [0.15, 0.2) is 21.3 Å². The van der Waals surface area contributed by atoms with Gasteiger partial charge in [-0.3, -0.25) is 9.79 Å². The van der Waals surface area contributed by atoms with Crippen molar-refractivity contribution in [3.63, 3.8) is 0 Å². The molecule has 0 radical (unpaired) electrons. The van der Waals surface area contributed by atoms with Crippen LogP contribution in [-0.4, -0.2) is 49.6 Å². The number of anilines is 1. The average Bonchev–Trinajstić information content (AvgIpc) is 3.24. The number of alkyl halides is 1. The number of hydrogen-bond acceptors (Lipinski definition) is 8. The van der Waals surface area contributed by atoms with E-state index in [0.717, 1.165) is 12.3 Å². The molecular formula is C21H22F2N4O5S. The zero-order valence-electron chi connectivity index (χ0n) is 17.9. The van der Waals surface area contributed by atoms with Crippen LogP contribution in [0.3, 0.4) is 0 Å². The maximum atomic E-state index is 14.8. The van der Waals surface area contributed by atoms with Gasteiger partial charge in [0.2, 0.25) is 6.79 Å². The molecule has 0 fully saturated rings. The number of carbonyl (C=O) groups is 1. The summed E-state index contributed by atoms with van der Waals surface area (Å²) >= 11 is 0. The number of carbonyl (C=O) groups excluding carboxylic acids is 1. The first-order valence-electron chi connectivity index (χ1n) is 9.97. The first-order chi connectivity index (χ1) is 15.5. The molecule has 0 spiro atoms. The lowest BCUT2D eigenvalue weighted by atomic mass is 9.80. The van der Waals surface area contributed by atoms with Gasteiger partial charge in [0.05, 0.1) is 6.20 Å². The highest BCUT2D eigenvalue weighted by atomic mass is 32.2. The van der Waals surface area contributed by atoms with Crippen molar-refractivity contribution in [2.75, 3.05) is 25.0 Å². The number of rotatable bonds is 5. The zero-order chi connectivity index (χ0) is 24.0. The van der Waals surface area contributed by atoms with E-state index in [1.807, 2.05) is 0 Å². The van der Waals surface area contributed by atoms with Gasteiger partial charge in [0.25, 0.3) is 5.91 Å². The molecular weight excluding hydrogens is 458 g/mol. The van der Waals surface area contributed by atoms with Crippen molar-refractivity contribution >= 4 is 27.3 Å². The van der Waals surface area contributed by atoms with Crippen molar-refractivity contribution < 1.29 is 31.5 Å². The number of pyridine rings is 1. The van der Waals surface area contributed by atoms with Crippen LogP contribution in [0.5, 0.6) is 11.5 Å². The van der Waals surface area contributed by atoms with E-state index >= 15 is 0 Å². The van der Waals surface area contributed by atoms with Crippen LogP contribution in [0.15, 0.2) is 35.5 Å². The molecule has 3 N–H and O–H groups in total. The Morgan fingerprint density at radius 1 is 1.24 bits per heavy atom. The van der Waals surface area contributed by atoms with Crippen LogP contribution < -0.4 is 20.5 Å². The van der Waals surface area contributed by atoms with Crippen LogP contribution >= 0.6 is 0 Å². The van der Waals surface area contributed by atoms with Crippen LogP contribution in [0.4, 0.5) is 14.5 Å². The third-order valence-corrected chi connectivity index (χ3v) is 8.20. The molecule has 0 saturated carbocycles. The second-order valence-corrected chi connectivity index (χ2v) is 10.7. The molecule has 1 amide bonds. The normalized spacial score (nSPS) is 24.3. The van der Waals surface area contributed by atoms with Crippen LogP contribution in [0.2, 0.25) is 0 Å². The Labute approximate surface area is 188 Å². The van der Waals surface area contributed by atoms with Gasteiger partial charge in [-0.1, -0.05) is 0 Å². The van der Waals surface area contributed by atoms with Crippen molar-refractivity contribution in [3.05, 3.63) is 47.5 Å². The highest BCUT2D eigenvalue weighted by Crippen LogP contribution is 2.42. The van der Waals surface area contributed by atoms with Crippen LogP contribution in [0.25, 0.3) is 0 Å².